The molecule has 6 heteroatoms. The van der Waals surface area contributed by atoms with Gasteiger partial charge >= 0.3 is 0 Å². The Hall–Kier alpha value is -3.83. The summed E-state index contributed by atoms with van der Waals surface area (Å²) in [6.07, 6.45) is 0. The molecule has 5 aromatic rings. The van der Waals surface area contributed by atoms with Crippen LogP contribution in [0.5, 0.6) is 5.75 Å². The van der Waals surface area contributed by atoms with Gasteiger partial charge in [-0.2, -0.15) is 0 Å². The van der Waals surface area contributed by atoms with Crippen LogP contribution >= 0.6 is 11.6 Å². The van der Waals surface area contributed by atoms with Crippen molar-refractivity contribution >= 4 is 45.1 Å². The van der Waals surface area contributed by atoms with E-state index in [2.05, 4.69) is 10.3 Å². The van der Waals surface area contributed by atoms with Crippen LogP contribution in [0.15, 0.2) is 89.3 Å². The lowest BCUT2D eigenvalue weighted by Gasteiger charge is -2.09. The Morgan fingerprint density at radius 2 is 1.81 bits per heavy atom. The summed E-state index contributed by atoms with van der Waals surface area (Å²) in [6, 6.07) is 26.3. The van der Waals surface area contributed by atoms with Crippen LogP contribution in [-0.4, -0.2) is 17.5 Å². The second kappa shape index (κ2) is 8.13. The van der Waals surface area contributed by atoms with Crippen LogP contribution in [0.25, 0.3) is 33.3 Å². The highest BCUT2D eigenvalue weighted by Crippen LogP contribution is 2.28. The molecule has 0 aliphatic carbocycles. The topological polar surface area (TPSA) is 64.4 Å². The Morgan fingerprint density at radius 3 is 2.71 bits per heavy atom. The number of fused-ring (bicyclic) bond motifs is 2. The minimum atomic E-state index is -0.255. The van der Waals surface area contributed by atoms with Crippen LogP contribution in [0.4, 0.5) is 5.69 Å². The molecule has 1 heterocycles. The van der Waals surface area contributed by atoms with Crippen LogP contribution < -0.4 is 10.1 Å². The summed E-state index contributed by atoms with van der Waals surface area (Å²) < 4.78 is 11.5. The smallest absolute Gasteiger partial charge is 0.262 e. The summed E-state index contributed by atoms with van der Waals surface area (Å²) >= 11 is 6.02. The van der Waals surface area contributed by atoms with Crippen molar-refractivity contribution in [2.24, 2.45) is 0 Å². The van der Waals surface area contributed by atoms with Gasteiger partial charge in [-0.15, -0.1) is 0 Å². The minimum absolute atomic E-state index is 0.0933. The molecule has 5 rings (SSSR count). The van der Waals surface area contributed by atoms with Gasteiger partial charge in [-0.25, -0.2) is 4.98 Å². The Kier molecular flexibility index (Phi) is 5.02. The van der Waals surface area contributed by atoms with Crippen molar-refractivity contribution < 1.29 is 13.9 Å². The maximum atomic E-state index is 12.4. The van der Waals surface area contributed by atoms with Crippen LogP contribution in [0.2, 0.25) is 5.02 Å². The number of nitrogens with one attached hydrogen (secondary N) is 1. The molecule has 31 heavy (non-hydrogen) atoms. The maximum Gasteiger partial charge on any atom is 0.262 e. The number of carbonyl (C=O) groups excluding carboxylic acids is 1. The van der Waals surface area contributed by atoms with Gasteiger partial charge in [-0.3, -0.25) is 4.79 Å². The first-order chi connectivity index (χ1) is 15.1. The molecule has 4 aromatic carbocycles. The van der Waals surface area contributed by atoms with E-state index in [-0.39, 0.29) is 12.5 Å². The van der Waals surface area contributed by atoms with Crippen molar-refractivity contribution in [2.45, 2.75) is 0 Å². The number of anilines is 1. The van der Waals surface area contributed by atoms with Crippen molar-refractivity contribution in [1.29, 1.82) is 0 Å². The van der Waals surface area contributed by atoms with Gasteiger partial charge in [0.05, 0.1) is 0 Å². The maximum absolute atomic E-state index is 12.4. The summed E-state index contributed by atoms with van der Waals surface area (Å²) in [6.45, 7) is -0.0933. The lowest BCUT2D eigenvalue weighted by molar-refractivity contribution is -0.118. The zero-order valence-corrected chi connectivity index (χ0v) is 17.1. The van der Waals surface area contributed by atoms with Crippen molar-refractivity contribution in [3.63, 3.8) is 0 Å². The van der Waals surface area contributed by atoms with E-state index in [1.807, 2.05) is 54.6 Å². The van der Waals surface area contributed by atoms with Gasteiger partial charge in [0, 0.05) is 16.3 Å². The Morgan fingerprint density at radius 1 is 0.935 bits per heavy atom. The number of rotatable bonds is 5. The van der Waals surface area contributed by atoms with E-state index in [9.17, 15) is 4.79 Å². The number of ether oxygens (including phenoxy) is 1. The zero-order chi connectivity index (χ0) is 21.2. The number of aromatic nitrogens is 1. The summed E-state index contributed by atoms with van der Waals surface area (Å²) in [5, 5.41) is 5.63. The van der Waals surface area contributed by atoms with E-state index in [1.165, 1.54) is 0 Å². The summed E-state index contributed by atoms with van der Waals surface area (Å²) in [4.78, 5) is 16.9. The van der Waals surface area contributed by atoms with Gasteiger partial charge in [0.25, 0.3) is 5.91 Å². The number of carbonyl (C=O) groups is 1. The molecule has 0 saturated heterocycles. The van der Waals surface area contributed by atoms with Gasteiger partial charge < -0.3 is 14.5 Å². The monoisotopic (exact) mass is 428 g/mol. The van der Waals surface area contributed by atoms with Crippen LogP contribution in [0.1, 0.15) is 0 Å². The van der Waals surface area contributed by atoms with E-state index in [0.717, 1.165) is 16.3 Å². The highest BCUT2D eigenvalue weighted by atomic mass is 35.5. The molecule has 0 aliphatic rings. The molecule has 1 N–H and O–H groups in total. The molecular formula is C25H17ClN2O3. The second-order valence-corrected chi connectivity index (χ2v) is 7.49. The van der Waals surface area contributed by atoms with E-state index < -0.39 is 0 Å². The van der Waals surface area contributed by atoms with Gasteiger partial charge in [0.1, 0.15) is 11.3 Å². The van der Waals surface area contributed by atoms with Crippen molar-refractivity contribution in [3.05, 3.63) is 90.0 Å². The highest BCUT2D eigenvalue weighted by molar-refractivity contribution is 6.31. The molecule has 5 nitrogen and oxygen atoms in total. The molecular weight excluding hydrogens is 412 g/mol. The van der Waals surface area contributed by atoms with Gasteiger partial charge in [-0.1, -0.05) is 48.0 Å². The predicted molar refractivity (Wildman–Crippen MR) is 123 cm³/mol. The fourth-order valence-corrected chi connectivity index (χ4v) is 3.52. The standard InChI is InChI=1S/C25H17ClN2O3/c26-19-9-11-23-22(14-19)28-25(31-23)18-6-3-7-20(12-18)27-24(29)15-30-21-10-8-16-4-1-2-5-17(16)13-21/h1-14H,15H2,(H,27,29). The fraction of sp³-hybridized carbons (Fsp3) is 0.0400. The lowest BCUT2D eigenvalue weighted by atomic mass is 10.1. The third-order valence-electron chi connectivity index (χ3n) is 4.83. The molecule has 1 amide bonds. The normalized spacial score (nSPS) is 11.0. The zero-order valence-electron chi connectivity index (χ0n) is 16.3. The van der Waals surface area contributed by atoms with E-state index in [4.69, 9.17) is 20.8 Å². The number of hydrogen-bond donors (Lipinski definition) is 1. The number of halogens is 1. The predicted octanol–water partition coefficient (Wildman–Crippen LogP) is 6.32. The SMILES string of the molecule is O=C(COc1ccc2ccccc2c1)Nc1cccc(-c2nc3cc(Cl)ccc3o2)c1. The Labute approximate surface area is 183 Å². The van der Waals surface area contributed by atoms with Crippen molar-refractivity contribution in [2.75, 3.05) is 11.9 Å². The first kappa shape index (κ1) is 19.2. The Bertz CT molecular complexity index is 1410. The average Bonchev–Trinajstić information content (AvgIpc) is 3.21. The van der Waals surface area contributed by atoms with Crippen LogP contribution in [0, 0.1) is 0 Å². The number of oxazole rings is 1. The molecule has 0 unspecified atom stereocenters. The van der Waals surface area contributed by atoms with E-state index >= 15 is 0 Å². The van der Waals surface area contributed by atoms with Crippen molar-refractivity contribution in [1.82, 2.24) is 4.98 Å². The largest absolute Gasteiger partial charge is 0.484 e. The fourth-order valence-electron chi connectivity index (χ4n) is 3.36. The number of hydrogen-bond acceptors (Lipinski definition) is 4. The van der Waals surface area contributed by atoms with E-state index in [0.29, 0.717) is 33.4 Å². The molecule has 152 valence electrons. The summed E-state index contributed by atoms with van der Waals surface area (Å²) in [7, 11) is 0. The molecule has 0 radical (unpaired) electrons. The number of amides is 1. The lowest BCUT2D eigenvalue weighted by Crippen LogP contribution is -2.20. The number of nitrogens with zero attached hydrogens (tertiary/aromatic N) is 1. The van der Waals surface area contributed by atoms with Gasteiger partial charge in [0.2, 0.25) is 5.89 Å². The van der Waals surface area contributed by atoms with Gasteiger partial charge in [0.15, 0.2) is 12.2 Å². The molecule has 0 spiro atoms. The third-order valence-corrected chi connectivity index (χ3v) is 5.07. The molecule has 1 aromatic heterocycles. The van der Waals surface area contributed by atoms with E-state index in [1.54, 1.807) is 30.3 Å². The van der Waals surface area contributed by atoms with Crippen LogP contribution in [0.3, 0.4) is 0 Å². The molecule has 0 saturated carbocycles. The quantitative estimate of drug-likeness (QED) is 0.356. The molecule has 0 fully saturated rings. The van der Waals surface area contributed by atoms with Crippen LogP contribution in [-0.2, 0) is 4.79 Å². The first-order valence-corrected chi connectivity index (χ1v) is 10.1. The molecule has 0 atom stereocenters. The Balaban J connectivity index is 1.27. The minimum Gasteiger partial charge on any atom is -0.484 e. The summed E-state index contributed by atoms with van der Waals surface area (Å²) in [5.74, 6) is 0.850. The second-order valence-electron chi connectivity index (χ2n) is 7.06. The third kappa shape index (κ3) is 4.22. The highest BCUT2D eigenvalue weighted by Gasteiger charge is 2.11. The summed E-state index contributed by atoms with van der Waals surface area (Å²) in [5.41, 5.74) is 2.71. The number of benzene rings is 4. The molecule has 0 aliphatic heterocycles. The van der Waals surface area contributed by atoms with Gasteiger partial charge in [-0.05, 0) is 59.3 Å². The average molecular weight is 429 g/mol. The van der Waals surface area contributed by atoms with Crippen molar-refractivity contribution in [3.8, 4) is 17.2 Å². The first-order valence-electron chi connectivity index (χ1n) is 9.72. The molecule has 0 bridgehead atoms.